The normalized spacial score (nSPS) is 19.8. The SMILES string of the molecule is C[C@@H](C(=O)N[C@H](C(=O)N1C[C@@H](c2ccc3c(c2)CN(C(=O)[C@@H](NC(=O)[C@H](C)N(C)C(=O)OC(C)(C)C)C(C)(C)C)[C@H](C(=O)N[C@@H]2CCCc4ccccc42)C3)C[C@H]1C(=O)N[C@@H](Cc1ccccc1)C(=O)O)C(C)(C)C)N(C)C(=O)OC(C)(C)C. The summed E-state index contributed by atoms with van der Waals surface area (Å²) in [5.41, 5.74) is 1.45. The van der Waals surface area contributed by atoms with Gasteiger partial charge in [-0.05, 0) is 125 Å². The lowest BCUT2D eigenvalue weighted by atomic mass is 9.83. The van der Waals surface area contributed by atoms with E-state index in [2.05, 4.69) is 27.3 Å². The molecule has 0 unspecified atom stereocenters. The minimum atomic E-state index is -1.36. The summed E-state index contributed by atoms with van der Waals surface area (Å²) < 4.78 is 11.0. The minimum Gasteiger partial charge on any atom is -0.480 e. The molecule has 20 heteroatoms. The number of carbonyl (C=O) groups excluding carboxylic acids is 8. The van der Waals surface area contributed by atoms with Crippen LogP contribution in [-0.2, 0) is 68.8 Å². The maximum atomic E-state index is 15.5. The molecule has 458 valence electrons. The molecule has 1 aliphatic carbocycles. The van der Waals surface area contributed by atoms with Gasteiger partial charge in [-0.25, -0.2) is 14.4 Å². The Morgan fingerprint density at radius 2 is 1.15 bits per heavy atom. The molecular weight excluding hydrogens is 1070 g/mol. The summed E-state index contributed by atoms with van der Waals surface area (Å²) in [5, 5.41) is 22.2. The van der Waals surface area contributed by atoms with Gasteiger partial charge in [0, 0.05) is 45.9 Å². The molecule has 0 spiro atoms. The molecule has 6 rings (SSSR count). The summed E-state index contributed by atoms with van der Waals surface area (Å²) in [4.78, 5) is 133. The van der Waals surface area contributed by atoms with Gasteiger partial charge in [-0.1, -0.05) is 114 Å². The first-order valence-corrected chi connectivity index (χ1v) is 29.2. The van der Waals surface area contributed by atoms with Crippen molar-refractivity contribution in [2.24, 2.45) is 10.8 Å². The summed E-state index contributed by atoms with van der Waals surface area (Å²) in [6.07, 6.45) is 1.07. The van der Waals surface area contributed by atoms with E-state index in [0.29, 0.717) is 23.1 Å². The third kappa shape index (κ3) is 16.4. The number of fused-ring (bicyclic) bond motifs is 2. The smallest absolute Gasteiger partial charge is 0.410 e. The second kappa shape index (κ2) is 26.2. The number of likely N-dealkylation sites (tertiary alicyclic amines) is 1. The Labute approximate surface area is 495 Å². The van der Waals surface area contributed by atoms with Gasteiger partial charge in [0.15, 0.2) is 0 Å². The molecule has 2 aliphatic heterocycles. The molecule has 0 aromatic heterocycles. The number of carbonyl (C=O) groups is 9. The number of nitrogens with zero attached hydrogens (tertiary/aromatic N) is 4. The number of carboxylic acid groups (broad SMARTS) is 1. The standard InChI is InChI=1S/C64H90N8O12/c1-37(69(15)59(81)83-63(9,10)11)52(73)67-50(61(3,4)5)56(77)71-35-43-32-41(29-30-42(43)33-48(71)54(75)65-46-28-22-26-40-25-20-21-27-45(40)46)44-34-49(55(76)66-47(58(79)80)31-39-23-18-17-19-24-39)72(36-44)57(78)51(62(6,7)8)68-53(74)38(2)70(16)60(82)84-64(12,13)14/h17-21,23-25,27,29-30,32,37-38,44,46-51H,22,26,28,31,33-36H2,1-16H3,(H,65,75)(H,66,76)(H,67,73)(H,68,74)(H,79,80)/t37-,38-,44-,46+,47-,48-,49-,50+,51+/m0/s1. The highest BCUT2D eigenvalue weighted by Crippen LogP contribution is 2.38. The number of nitrogens with one attached hydrogen (secondary N) is 4. The lowest BCUT2D eigenvalue weighted by Crippen LogP contribution is -2.62. The predicted octanol–water partition coefficient (Wildman–Crippen LogP) is 7.20. The van der Waals surface area contributed by atoms with Crippen LogP contribution >= 0.6 is 0 Å². The molecule has 3 aromatic carbocycles. The number of benzene rings is 3. The molecule has 5 N–H and O–H groups in total. The fourth-order valence-electron chi connectivity index (χ4n) is 10.9. The topological polar surface area (TPSA) is 253 Å². The highest BCUT2D eigenvalue weighted by Gasteiger charge is 2.48. The number of aliphatic carboxylic acids is 1. The Morgan fingerprint density at radius 3 is 1.68 bits per heavy atom. The van der Waals surface area contributed by atoms with Gasteiger partial charge >= 0.3 is 18.2 Å². The van der Waals surface area contributed by atoms with Crippen molar-refractivity contribution >= 4 is 53.6 Å². The van der Waals surface area contributed by atoms with Crippen molar-refractivity contribution in [1.82, 2.24) is 40.9 Å². The van der Waals surface area contributed by atoms with Gasteiger partial charge < -0.3 is 45.6 Å². The van der Waals surface area contributed by atoms with E-state index in [1.165, 1.54) is 37.7 Å². The molecule has 3 aliphatic rings. The van der Waals surface area contributed by atoms with Gasteiger partial charge in [0.1, 0.15) is 53.5 Å². The van der Waals surface area contributed by atoms with Crippen LogP contribution in [0.15, 0.2) is 72.8 Å². The van der Waals surface area contributed by atoms with Crippen LogP contribution in [0.25, 0.3) is 0 Å². The molecule has 3 aromatic rings. The fraction of sp³-hybridized carbons (Fsp3) is 0.578. The number of aryl methyl sites for hydroxylation is 1. The molecule has 0 bridgehead atoms. The van der Waals surface area contributed by atoms with Crippen molar-refractivity contribution in [2.75, 3.05) is 20.6 Å². The van der Waals surface area contributed by atoms with Crippen LogP contribution in [0, 0.1) is 10.8 Å². The van der Waals surface area contributed by atoms with E-state index >= 15 is 9.59 Å². The van der Waals surface area contributed by atoms with E-state index in [1.807, 2.05) is 36.4 Å². The number of carboxylic acids is 1. The Hall–Kier alpha value is -7.51. The zero-order valence-electron chi connectivity index (χ0n) is 52.0. The lowest BCUT2D eigenvalue weighted by Gasteiger charge is -2.42. The second-order valence-corrected chi connectivity index (χ2v) is 27.0. The molecule has 2 heterocycles. The molecule has 0 radical (unpaired) electrons. The van der Waals surface area contributed by atoms with Crippen molar-refractivity contribution in [3.8, 4) is 0 Å². The zero-order valence-corrected chi connectivity index (χ0v) is 52.0. The van der Waals surface area contributed by atoms with Gasteiger partial charge in [0.25, 0.3) is 0 Å². The molecule has 8 amide bonds. The van der Waals surface area contributed by atoms with Crippen LogP contribution in [0.2, 0.25) is 0 Å². The average Bonchev–Trinajstić information content (AvgIpc) is 1.84. The van der Waals surface area contributed by atoms with Crippen molar-refractivity contribution in [1.29, 1.82) is 0 Å². The van der Waals surface area contributed by atoms with Gasteiger partial charge in [0.2, 0.25) is 35.4 Å². The molecule has 0 saturated carbocycles. The van der Waals surface area contributed by atoms with Crippen molar-refractivity contribution < 1.29 is 57.7 Å². The number of rotatable bonds is 16. The van der Waals surface area contributed by atoms with Crippen LogP contribution in [0.3, 0.4) is 0 Å². The molecule has 20 nitrogen and oxygen atoms in total. The number of hydrogen-bond donors (Lipinski definition) is 5. The summed E-state index contributed by atoms with van der Waals surface area (Å²) in [5.74, 6) is -5.28. The quantitative estimate of drug-likeness (QED) is 0.0955. The van der Waals surface area contributed by atoms with E-state index in [9.17, 15) is 38.7 Å². The summed E-state index contributed by atoms with van der Waals surface area (Å²) in [6.45, 7) is 23.9. The van der Waals surface area contributed by atoms with Crippen molar-refractivity contribution in [2.45, 2.75) is 207 Å². The van der Waals surface area contributed by atoms with E-state index in [4.69, 9.17) is 9.47 Å². The molecule has 84 heavy (non-hydrogen) atoms. The van der Waals surface area contributed by atoms with Gasteiger partial charge in [0.05, 0.1) is 6.04 Å². The zero-order chi connectivity index (χ0) is 62.6. The highest BCUT2D eigenvalue weighted by atomic mass is 16.6. The van der Waals surface area contributed by atoms with E-state index in [1.54, 1.807) is 113 Å². The van der Waals surface area contributed by atoms with Crippen molar-refractivity contribution in [3.63, 3.8) is 0 Å². The van der Waals surface area contributed by atoms with Gasteiger partial charge in [-0.3, -0.25) is 38.6 Å². The van der Waals surface area contributed by atoms with E-state index < -0.39 is 118 Å². The average molecular weight is 1160 g/mol. The van der Waals surface area contributed by atoms with Crippen LogP contribution in [0.5, 0.6) is 0 Å². The molecule has 9 atom stereocenters. The Morgan fingerprint density at radius 1 is 0.631 bits per heavy atom. The largest absolute Gasteiger partial charge is 0.480 e. The first-order chi connectivity index (χ1) is 38.9. The first-order valence-electron chi connectivity index (χ1n) is 29.2. The second-order valence-electron chi connectivity index (χ2n) is 27.0. The number of hydrogen-bond acceptors (Lipinski definition) is 11. The monoisotopic (exact) mass is 1160 g/mol. The van der Waals surface area contributed by atoms with E-state index in [-0.39, 0.29) is 44.3 Å². The fourth-order valence-corrected chi connectivity index (χ4v) is 10.9. The first kappa shape index (κ1) is 65.6. The van der Waals surface area contributed by atoms with Crippen LogP contribution in [-0.4, -0.2) is 152 Å². The molecule has 1 saturated heterocycles. The summed E-state index contributed by atoms with van der Waals surface area (Å²) >= 11 is 0. The van der Waals surface area contributed by atoms with Crippen LogP contribution in [0.4, 0.5) is 9.59 Å². The minimum absolute atomic E-state index is 0.0352. The number of likely N-dealkylation sites (N-methyl/N-ethyl adjacent to an activating group) is 2. The Balaban J connectivity index is 1.37. The third-order valence-electron chi connectivity index (χ3n) is 16.0. The number of amides is 8. The molecule has 1 fully saturated rings. The highest BCUT2D eigenvalue weighted by molar-refractivity contribution is 5.97. The van der Waals surface area contributed by atoms with Crippen molar-refractivity contribution in [3.05, 3.63) is 106 Å². The van der Waals surface area contributed by atoms with Crippen LogP contribution < -0.4 is 21.3 Å². The van der Waals surface area contributed by atoms with Crippen LogP contribution in [0.1, 0.15) is 162 Å². The maximum Gasteiger partial charge on any atom is 0.410 e. The third-order valence-corrected chi connectivity index (χ3v) is 16.0. The van der Waals surface area contributed by atoms with Gasteiger partial charge in [-0.2, -0.15) is 0 Å². The number of ether oxygens (including phenoxy) is 2. The summed E-state index contributed by atoms with van der Waals surface area (Å²) in [6, 6.07) is 14.0. The summed E-state index contributed by atoms with van der Waals surface area (Å²) in [7, 11) is 2.86. The Kier molecular flexibility index (Phi) is 20.5. The molecular formula is C64H90N8O12. The maximum absolute atomic E-state index is 15.5. The van der Waals surface area contributed by atoms with E-state index in [0.717, 1.165) is 39.3 Å². The lowest BCUT2D eigenvalue weighted by molar-refractivity contribution is -0.147. The Bertz CT molecular complexity index is 2940. The predicted molar refractivity (Wildman–Crippen MR) is 317 cm³/mol. The van der Waals surface area contributed by atoms with Gasteiger partial charge in [-0.15, -0.1) is 0 Å².